The van der Waals surface area contributed by atoms with E-state index in [1.807, 2.05) is 32.0 Å². The molecule has 0 saturated carbocycles. The lowest BCUT2D eigenvalue weighted by molar-refractivity contribution is -0.116. The molecule has 3 aromatic carbocycles. The highest BCUT2D eigenvalue weighted by Gasteiger charge is 2.23. The lowest BCUT2D eigenvalue weighted by atomic mass is 10.1. The molecule has 1 N–H and O–H groups in total. The van der Waals surface area contributed by atoms with Crippen molar-refractivity contribution >= 4 is 32.3 Å². The molecule has 5 nitrogen and oxygen atoms in total. The average molecular weight is 451 g/mol. The smallest absolute Gasteiger partial charge is 0.244 e. The first-order valence-electron chi connectivity index (χ1n) is 10.2. The lowest BCUT2D eigenvalue weighted by Crippen LogP contribution is -2.19. The predicted molar refractivity (Wildman–Crippen MR) is 124 cm³/mol. The SMILES string of the molecule is Cc1ccc(NC(=O)Cn2cc(S(=O)(=O)Cc3ccccc3F)c3ccccc32)c(C)c1. The van der Waals surface area contributed by atoms with Crippen LogP contribution in [0.15, 0.2) is 77.8 Å². The van der Waals surface area contributed by atoms with Crippen molar-refractivity contribution in [1.82, 2.24) is 4.57 Å². The monoisotopic (exact) mass is 450 g/mol. The second-order valence-electron chi connectivity index (χ2n) is 7.86. The summed E-state index contributed by atoms with van der Waals surface area (Å²) in [5.41, 5.74) is 3.49. The third kappa shape index (κ3) is 4.43. The van der Waals surface area contributed by atoms with Gasteiger partial charge in [0.15, 0.2) is 9.84 Å². The van der Waals surface area contributed by atoms with Crippen molar-refractivity contribution in [3.8, 4) is 0 Å². The Morgan fingerprint density at radius 2 is 1.72 bits per heavy atom. The zero-order chi connectivity index (χ0) is 22.9. The number of rotatable bonds is 6. The molecule has 0 unspecified atom stereocenters. The van der Waals surface area contributed by atoms with Crippen LogP contribution in [-0.4, -0.2) is 18.9 Å². The molecule has 0 saturated heterocycles. The molecule has 0 atom stereocenters. The molecule has 164 valence electrons. The van der Waals surface area contributed by atoms with Crippen LogP contribution in [0, 0.1) is 19.7 Å². The highest BCUT2D eigenvalue weighted by molar-refractivity contribution is 7.90. The molecule has 0 bridgehead atoms. The maximum absolute atomic E-state index is 14.1. The molecule has 4 aromatic rings. The van der Waals surface area contributed by atoms with Gasteiger partial charge in [-0.15, -0.1) is 0 Å². The van der Waals surface area contributed by atoms with Crippen LogP contribution in [0.1, 0.15) is 16.7 Å². The Bertz CT molecular complexity index is 1420. The van der Waals surface area contributed by atoms with E-state index >= 15 is 0 Å². The summed E-state index contributed by atoms with van der Waals surface area (Å²) in [6.07, 6.45) is 1.46. The number of amides is 1. The predicted octanol–water partition coefficient (Wildman–Crippen LogP) is 5.01. The largest absolute Gasteiger partial charge is 0.337 e. The van der Waals surface area contributed by atoms with Crippen LogP contribution in [0.2, 0.25) is 0 Å². The molecule has 0 aliphatic carbocycles. The number of carbonyl (C=O) groups is 1. The van der Waals surface area contributed by atoms with E-state index < -0.39 is 21.4 Å². The van der Waals surface area contributed by atoms with Crippen molar-refractivity contribution in [3.63, 3.8) is 0 Å². The van der Waals surface area contributed by atoms with Crippen LogP contribution < -0.4 is 5.32 Å². The Morgan fingerprint density at radius 3 is 2.47 bits per heavy atom. The highest BCUT2D eigenvalue weighted by atomic mass is 32.2. The molecule has 7 heteroatoms. The zero-order valence-corrected chi connectivity index (χ0v) is 18.6. The van der Waals surface area contributed by atoms with Crippen LogP contribution in [-0.2, 0) is 26.9 Å². The molecule has 4 rings (SSSR count). The number of hydrogen-bond acceptors (Lipinski definition) is 3. The van der Waals surface area contributed by atoms with Crippen LogP contribution in [0.4, 0.5) is 10.1 Å². The number of sulfone groups is 1. The summed E-state index contributed by atoms with van der Waals surface area (Å²) < 4.78 is 42.0. The van der Waals surface area contributed by atoms with Gasteiger partial charge in [-0.1, -0.05) is 54.1 Å². The molecule has 32 heavy (non-hydrogen) atoms. The van der Waals surface area contributed by atoms with Crippen molar-refractivity contribution in [1.29, 1.82) is 0 Å². The summed E-state index contributed by atoms with van der Waals surface area (Å²) in [7, 11) is -3.84. The Balaban J connectivity index is 1.65. The van der Waals surface area contributed by atoms with Gasteiger partial charge in [-0.05, 0) is 37.6 Å². The summed E-state index contributed by atoms with van der Waals surface area (Å²) in [4.78, 5) is 12.8. The number of para-hydroxylation sites is 1. The van der Waals surface area contributed by atoms with E-state index in [1.165, 1.54) is 24.4 Å². The van der Waals surface area contributed by atoms with E-state index in [1.54, 1.807) is 34.9 Å². The number of aromatic nitrogens is 1. The fraction of sp³-hybridized carbons (Fsp3) is 0.160. The zero-order valence-electron chi connectivity index (χ0n) is 17.8. The molecule has 1 amide bonds. The van der Waals surface area contributed by atoms with Gasteiger partial charge in [0.05, 0.1) is 10.6 Å². The Labute approximate surface area is 186 Å². The van der Waals surface area contributed by atoms with E-state index in [2.05, 4.69) is 5.32 Å². The van der Waals surface area contributed by atoms with Gasteiger partial charge in [0.1, 0.15) is 12.4 Å². The quantitative estimate of drug-likeness (QED) is 0.449. The van der Waals surface area contributed by atoms with Gasteiger partial charge in [0.2, 0.25) is 5.91 Å². The molecular weight excluding hydrogens is 427 g/mol. The number of benzene rings is 3. The number of halogens is 1. The normalized spacial score (nSPS) is 11.6. The number of nitrogens with zero attached hydrogens (tertiary/aromatic N) is 1. The van der Waals surface area contributed by atoms with Gasteiger partial charge in [-0.2, -0.15) is 0 Å². The number of fused-ring (bicyclic) bond motifs is 1. The Hall–Kier alpha value is -3.45. The average Bonchev–Trinajstić information content (AvgIpc) is 3.11. The molecular formula is C25H23FN2O3S. The summed E-state index contributed by atoms with van der Waals surface area (Å²) in [5.74, 6) is -1.29. The Kier molecular flexibility index (Phi) is 5.84. The first kappa shape index (κ1) is 21.8. The lowest BCUT2D eigenvalue weighted by Gasteiger charge is -2.10. The maximum Gasteiger partial charge on any atom is 0.244 e. The first-order valence-corrected chi connectivity index (χ1v) is 11.8. The van der Waals surface area contributed by atoms with Crippen molar-refractivity contribution in [3.05, 3.63) is 95.4 Å². The van der Waals surface area contributed by atoms with E-state index in [-0.39, 0.29) is 22.9 Å². The van der Waals surface area contributed by atoms with Crippen LogP contribution >= 0.6 is 0 Å². The summed E-state index contributed by atoms with van der Waals surface area (Å²) in [6.45, 7) is 3.85. The van der Waals surface area contributed by atoms with E-state index in [0.717, 1.165) is 11.1 Å². The van der Waals surface area contributed by atoms with Gasteiger partial charge in [0.25, 0.3) is 0 Å². The number of hydrogen-bond donors (Lipinski definition) is 1. The number of nitrogens with one attached hydrogen (secondary N) is 1. The van der Waals surface area contributed by atoms with Crippen molar-refractivity contribution in [2.24, 2.45) is 0 Å². The first-order chi connectivity index (χ1) is 15.2. The second kappa shape index (κ2) is 8.59. The van der Waals surface area contributed by atoms with Crippen molar-refractivity contribution < 1.29 is 17.6 Å². The van der Waals surface area contributed by atoms with Gasteiger partial charge in [-0.3, -0.25) is 4.79 Å². The van der Waals surface area contributed by atoms with Crippen LogP contribution in [0.5, 0.6) is 0 Å². The fourth-order valence-electron chi connectivity index (χ4n) is 3.79. The van der Waals surface area contributed by atoms with Gasteiger partial charge in [0, 0.05) is 28.4 Å². The maximum atomic E-state index is 14.1. The minimum atomic E-state index is -3.84. The third-order valence-electron chi connectivity index (χ3n) is 5.36. The molecule has 0 aliphatic rings. The fourth-order valence-corrected chi connectivity index (χ4v) is 5.38. The van der Waals surface area contributed by atoms with Gasteiger partial charge in [-0.25, -0.2) is 12.8 Å². The molecule has 0 fully saturated rings. The topological polar surface area (TPSA) is 68.2 Å². The van der Waals surface area contributed by atoms with E-state index in [9.17, 15) is 17.6 Å². The summed E-state index contributed by atoms with van der Waals surface area (Å²) >= 11 is 0. The molecule has 1 heterocycles. The molecule has 0 radical (unpaired) electrons. The highest BCUT2D eigenvalue weighted by Crippen LogP contribution is 2.28. The Morgan fingerprint density at radius 1 is 1.00 bits per heavy atom. The van der Waals surface area contributed by atoms with E-state index in [4.69, 9.17) is 0 Å². The van der Waals surface area contributed by atoms with Crippen molar-refractivity contribution in [2.45, 2.75) is 31.0 Å². The van der Waals surface area contributed by atoms with Crippen LogP contribution in [0.3, 0.4) is 0 Å². The van der Waals surface area contributed by atoms with Crippen molar-refractivity contribution in [2.75, 3.05) is 5.32 Å². The third-order valence-corrected chi connectivity index (χ3v) is 7.05. The van der Waals surface area contributed by atoms with E-state index in [0.29, 0.717) is 16.6 Å². The standard InChI is InChI=1S/C25H23FN2O3S/c1-17-11-12-22(18(2)13-17)27-25(29)15-28-14-24(20-8-4-6-10-23(20)28)32(30,31)16-19-7-3-5-9-21(19)26/h3-14H,15-16H2,1-2H3,(H,27,29). The molecule has 1 aromatic heterocycles. The second-order valence-corrected chi connectivity index (χ2v) is 9.81. The minimum Gasteiger partial charge on any atom is -0.337 e. The number of carbonyl (C=O) groups excluding carboxylic acids is 1. The van der Waals surface area contributed by atoms with Gasteiger partial charge >= 0.3 is 0 Å². The summed E-state index contributed by atoms with van der Waals surface area (Å²) in [6, 6.07) is 18.6. The molecule has 0 spiro atoms. The minimum absolute atomic E-state index is 0.0525. The molecule has 0 aliphatic heterocycles. The number of anilines is 1. The number of aryl methyl sites for hydroxylation is 2. The van der Waals surface area contributed by atoms with Crippen LogP contribution in [0.25, 0.3) is 10.9 Å². The van der Waals surface area contributed by atoms with Gasteiger partial charge < -0.3 is 9.88 Å². The summed E-state index contributed by atoms with van der Waals surface area (Å²) in [5, 5.41) is 3.39.